The molecule has 4 rings (SSSR count). The molecule has 1 heterocycles. The topological polar surface area (TPSA) is 38.1 Å². The van der Waals surface area contributed by atoms with E-state index >= 15 is 0 Å². The third-order valence-electron chi connectivity index (χ3n) is 4.65. The van der Waals surface area contributed by atoms with Gasteiger partial charge < -0.3 is 4.90 Å². The molecule has 1 aromatic heterocycles. The minimum absolute atomic E-state index is 0.0198. The normalized spacial score (nSPS) is 13.6. The van der Waals surface area contributed by atoms with Crippen LogP contribution in [0.15, 0.2) is 60.9 Å². The summed E-state index contributed by atoms with van der Waals surface area (Å²) in [5.41, 5.74) is 3.72. The Bertz CT molecular complexity index is 928. The van der Waals surface area contributed by atoms with Gasteiger partial charge in [-0.05, 0) is 37.5 Å². The molecule has 26 heavy (non-hydrogen) atoms. The van der Waals surface area contributed by atoms with Crippen molar-refractivity contribution >= 4 is 17.5 Å². The molecule has 1 aliphatic rings. The van der Waals surface area contributed by atoms with Gasteiger partial charge in [-0.2, -0.15) is 5.10 Å². The van der Waals surface area contributed by atoms with Gasteiger partial charge in [-0.3, -0.25) is 4.79 Å². The van der Waals surface area contributed by atoms with E-state index in [1.807, 2.05) is 29.2 Å². The standard InChI is InChI=1S/C21H20ClN3O/c1-15-6-8-16(9-7-15)13-24(18-10-11-18)21(26)17-12-23-25(14-17)20-5-3-2-4-19(20)22/h2-9,12,14,18H,10-11,13H2,1H3. The van der Waals surface area contributed by atoms with Crippen LogP contribution in [0.5, 0.6) is 0 Å². The molecule has 0 aliphatic heterocycles. The molecule has 0 radical (unpaired) electrons. The lowest BCUT2D eigenvalue weighted by Crippen LogP contribution is -2.32. The van der Waals surface area contributed by atoms with Crippen molar-refractivity contribution in [2.24, 2.45) is 0 Å². The first-order valence-corrected chi connectivity index (χ1v) is 9.16. The van der Waals surface area contributed by atoms with Crippen LogP contribution in [0.1, 0.15) is 34.3 Å². The van der Waals surface area contributed by atoms with Crippen LogP contribution in [0.4, 0.5) is 0 Å². The van der Waals surface area contributed by atoms with E-state index in [0.29, 0.717) is 23.2 Å². The second-order valence-corrected chi connectivity index (χ2v) is 7.18. The van der Waals surface area contributed by atoms with Crippen LogP contribution in [0.25, 0.3) is 5.69 Å². The fraction of sp³-hybridized carbons (Fsp3) is 0.238. The third-order valence-corrected chi connectivity index (χ3v) is 4.97. The summed E-state index contributed by atoms with van der Waals surface area (Å²) in [6, 6.07) is 16.1. The summed E-state index contributed by atoms with van der Waals surface area (Å²) >= 11 is 6.23. The molecule has 0 saturated heterocycles. The fourth-order valence-corrected chi connectivity index (χ4v) is 3.23. The Hall–Kier alpha value is -2.59. The smallest absolute Gasteiger partial charge is 0.257 e. The molecule has 5 heteroatoms. The first kappa shape index (κ1) is 16.9. The molecule has 1 aliphatic carbocycles. The highest BCUT2D eigenvalue weighted by Gasteiger charge is 2.33. The number of carbonyl (C=O) groups excluding carboxylic acids is 1. The minimum Gasteiger partial charge on any atom is -0.331 e. The quantitative estimate of drug-likeness (QED) is 0.660. The van der Waals surface area contributed by atoms with Crippen LogP contribution in [0, 0.1) is 6.92 Å². The first-order chi connectivity index (χ1) is 12.6. The van der Waals surface area contributed by atoms with Crippen molar-refractivity contribution in [2.45, 2.75) is 32.4 Å². The van der Waals surface area contributed by atoms with Crippen LogP contribution in [-0.2, 0) is 6.54 Å². The lowest BCUT2D eigenvalue weighted by molar-refractivity contribution is 0.0730. The molecule has 1 amide bonds. The number of aromatic nitrogens is 2. The number of hydrogen-bond donors (Lipinski definition) is 0. The number of nitrogens with zero attached hydrogens (tertiary/aromatic N) is 3. The van der Waals surface area contributed by atoms with Crippen LogP contribution < -0.4 is 0 Å². The SMILES string of the molecule is Cc1ccc(CN(C(=O)c2cnn(-c3ccccc3Cl)c2)C2CC2)cc1. The van der Waals surface area contributed by atoms with E-state index in [9.17, 15) is 4.79 Å². The summed E-state index contributed by atoms with van der Waals surface area (Å²) in [6.45, 7) is 2.69. The number of para-hydroxylation sites is 1. The van der Waals surface area contributed by atoms with Crippen molar-refractivity contribution in [3.63, 3.8) is 0 Å². The molecule has 0 spiro atoms. The Morgan fingerprint density at radius 1 is 1.19 bits per heavy atom. The summed E-state index contributed by atoms with van der Waals surface area (Å²) in [5.74, 6) is 0.0198. The summed E-state index contributed by atoms with van der Waals surface area (Å²) in [6.07, 6.45) is 5.51. The average Bonchev–Trinajstić information content (AvgIpc) is 3.37. The molecule has 0 atom stereocenters. The molecule has 2 aromatic carbocycles. The van der Waals surface area contributed by atoms with E-state index in [4.69, 9.17) is 11.6 Å². The van der Waals surface area contributed by atoms with Gasteiger partial charge in [0.1, 0.15) is 0 Å². The summed E-state index contributed by atoms with van der Waals surface area (Å²) in [7, 11) is 0. The van der Waals surface area contributed by atoms with Gasteiger partial charge in [0.15, 0.2) is 0 Å². The van der Waals surface area contributed by atoms with Crippen molar-refractivity contribution in [2.75, 3.05) is 0 Å². The number of halogens is 1. The lowest BCUT2D eigenvalue weighted by atomic mass is 10.1. The van der Waals surface area contributed by atoms with Gasteiger partial charge in [0.05, 0.1) is 22.5 Å². The predicted octanol–water partition coefficient (Wildman–Crippen LogP) is 4.64. The molecule has 0 unspecified atom stereocenters. The van der Waals surface area contributed by atoms with Crippen LogP contribution in [0.2, 0.25) is 5.02 Å². The van der Waals surface area contributed by atoms with E-state index in [0.717, 1.165) is 24.1 Å². The molecule has 3 aromatic rings. The second-order valence-electron chi connectivity index (χ2n) is 6.77. The zero-order valence-electron chi connectivity index (χ0n) is 14.6. The Kier molecular flexibility index (Phi) is 4.51. The van der Waals surface area contributed by atoms with Crippen LogP contribution in [-0.4, -0.2) is 26.6 Å². The maximum absolute atomic E-state index is 13.1. The highest BCUT2D eigenvalue weighted by atomic mass is 35.5. The number of hydrogen-bond acceptors (Lipinski definition) is 2. The van der Waals surface area contributed by atoms with E-state index in [-0.39, 0.29) is 5.91 Å². The Labute approximate surface area is 158 Å². The maximum atomic E-state index is 13.1. The number of rotatable bonds is 5. The van der Waals surface area contributed by atoms with Gasteiger partial charge in [0.2, 0.25) is 0 Å². The first-order valence-electron chi connectivity index (χ1n) is 8.78. The minimum atomic E-state index is 0.0198. The summed E-state index contributed by atoms with van der Waals surface area (Å²) < 4.78 is 1.66. The van der Waals surface area contributed by atoms with E-state index in [1.54, 1.807) is 17.1 Å². The third kappa shape index (κ3) is 3.51. The van der Waals surface area contributed by atoms with E-state index in [1.165, 1.54) is 5.56 Å². The van der Waals surface area contributed by atoms with Crippen molar-refractivity contribution in [1.29, 1.82) is 0 Å². The molecular formula is C21H20ClN3O. The number of amides is 1. The zero-order chi connectivity index (χ0) is 18.1. The van der Waals surface area contributed by atoms with Gasteiger partial charge in [0, 0.05) is 18.8 Å². The van der Waals surface area contributed by atoms with Gasteiger partial charge in [-0.15, -0.1) is 0 Å². The van der Waals surface area contributed by atoms with Gasteiger partial charge in [-0.25, -0.2) is 4.68 Å². The Balaban J connectivity index is 1.57. The number of benzene rings is 2. The largest absolute Gasteiger partial charge is 0.331 e. The van der Waals surface area contributed by atoms with Gasteiger partial charge in [0.25, 0.3) is 5.91 Å². The molecule has 4 nitrogen and oxygen atoms in total. The fourth-order valence-electron chi connectivity index (χ4n) is 3.01. The highest BCUT2D eigenvalue weighted by molar-refractivity contribution is 6.32. The Morgan fingerprint density at radius 3 is 2.62 bits per heavy atom. The molecule has 1 saturated carbocycles. The zero-order valence-corrected chi connectivity index (χ0v) is 15.4. The Morgan fingerprint density at radius 2 is 1.92 bits per heavy atom. The van der Waals surface area contributed by atoms with Gasteiger partial charge >= 0.3 is 0 Å². The highest BCUT2D eigenvalue weighted by Crippen LogP contribution is 2.30. The van der Waals surface area contributed by atoms with Crippen LogP contribution >= 0.6 is 11.6 Å². The summed E-state index contributed by atoms with van der Waals surface area (Å²) in [5, 5.41) is 4.94. The molecule has 0 N–H and O–H groups in total. The molecule has 1 fully saturated rings. The molecular weight excluding hydrogens is 346 g/mol. The van der Waals surface area contributed by atoms with Crippen molar-refractivity contribution in [3.8, 4) is 5.69 Å². The predicted molar refractivity (Wildman–Crippen MR) is 103 cm³/mol. The number of aryl methyl sites for hydroxylation is 1. The maximum Gasteiger partial charge on any atom is 0.257 e. The van der Waals surface area contributed by atoms with Crippen molar-refractivity contribution in [3.05, 3.63) is 82.6 Å². The lowest BCUT2D eigenvalue weighted by Gasteiger charge is -2.22. The van der Waals surface area contributed by atoms with Gasteiger partial charge in [-0.1, -0.05) is 53.6 Å². The molecule has 0 bridgehead atoms. The molecule has 132 valence electrons. The van der Waals surface area contributed by atoms with Crippen molar-refractivity contribution in [1.82, 2.24) is 14.7 Å². The van der Waals surface area contributed by atoms with Crippen molar-refractivity contribution < 1.29 is 4.79 Å². The van der Waals surface area contributed by atoms with Crippen LogP contribution in [0.3, 0.4) is 0 Å². The van der Waals surface area contributed by atoms with E-state index < -0.39 is 0 Å². The summed E-state index contributed by atoms with van der Waals surface area (Å²) in [4.78, 5) is 15.0. The van der Waals surface area contributed by atoms with E-state index in [2.05, 4.69) is 36.3 Å². The second kappa shape index (κ2) is 6.96. The average molecular weight is 366 g/mol. The number of carbonyl (C=O) groups is 1. The monoisotopic (exact) mass is 365 g/mol.